The molecule has 106 valence electrons. The topological polar surface area (TPSA) is 72.2 Å². The van der Waals surface area contributed by atoms with Crippen LogP contribution in [0.4, 0.5) is 5.69 Å². The number of rotatable bonds is 4. The smallest absolute Gasteiger partial charge is 0.243 e. The summed E-state index contributed by atoms with van der Waals surface area (Å²) in [5.41, 5.74) is 7.61. The third-order valence-corrected chi connectivity index (χ3v) is 4.90. The molecule has 0 bridgehead atoms. The number of aryl methyl sites for hydroxylation is 1. The van der Waals surface area contributed by atoms with Crippen LogP contribution in [0.15, 0.2) is 53.4 Å². The zero-order valence-electron chi connectivity index (χ0n) is 11.5. The van der Waals surface area contributed by atoms with Gasteiger partial charge in [-0.05, 0) is 31.0 Å². The molecule has 2 aromatic rings. The Morgan fingerprint density at radius 1 is 1.05 bits per heavy atom. The van der Waals surface area contributed by atoms with E-state index in [1.165, 1.54) is 0 Å². The summed E-state index contributed by atoms with van der Waals surface area (Å²) in [6, 6.07) is 14.2. The Morgan fingerprint density at radius 2 is 1.70 bits per heavy atom. The highest BCUT2D eigenvalue weighted by atomic mass is 32.2. The quantitative estimate of drug-likeness (QED) is 0.850. The van der Waals surface area contributed by atoms with E-state index in [1.807, 2.05) is 30.3 Å². The lowest BCUT2D eigenvalue weighted by molar-refractivity contribution is 0.567. The lowest BCUT2D eigenvalue weighted by Gasteiger charge is -2.17. The van der Waals surface area contributed by atoms with Gasteiger partial charge in [-0.25, -0.2) is 13.1 Å². The molecule has 0 heterocycles. The number of anilines is 1. The first kappa shape index (κ1) is 14.6. The molecule has 20 heavy (non-hydrogen) atoms. The molecule has 0 spiro atoms. The van der Waals surface area contributed by atoms with Gasteiger partial charge in [0.2, 0.25) is 10.0 Å². The molecule has 2 aromatic carbocycles. The predicted molar refractivity (Wildman–Crippen MR) is 80.8 cm³/mol. The zero-order valence-corrected chi connectivity index (χ0v) is 12.3. The summed E-state index contributed by atoms with van der Waals surface area (Å²) >= 11 is 0. The van der Waals surface area contributed by atoms with Crippen molar-refractivity contribution in [2.24, 2.45) is 0 Å². The van der Waals surface area contributed by atoms with Crippen molar-refractivity contribution in [3.8, 4) is 0 Å². The number of nitrogens with one attached hydrogen (secondary N) is 1. The minimum atomic E-state index is -3.64. The van der Waals surface area contributed by atoms with E-state index >= 15 is 0 Å². The lowest BCUT2D eigenvalue weighted by atomic mass is 10.1. The van der Waals surface area contributed by atoms with Crippen LogP contribution in [0.1, 0.15) is 24.1 Å². The number of benzene rings is 2. The molecule has 5 heteroatoms. The van der Waals surface area contributed by atoms with E-state index in [-0.39, 0.29) is 16.6 Å². The summed E-state index contributed by atoms with van der Waals surface area (Å²) in [6.45, 7) is 3.54. The Balaban J connectivity index is 2.33. The summed E-state index contributed by atoms with van der Waals surface area (Å²) in [5.74, 6) is 0. The van der Waals surface area contributed by atoms with Gasteiger partial charge >= 0.3 is 0 Å². The van der Waals surface area contributed by atoms with E-state index in [0.717, 1.165) is 5.56 Å². The standard InChI is InChI=1S/C15H18N2O2S/c1-11-7-6-10-14(16)15(11)20(18,19)17-12(2)13-8-4-3-5-9-13/h3-10,12,17H,16H2,1-2H3/t12-/m1/s1. The van der Waals surface area contributed by atoms with Gasteiger partial charge in [0.1, 0.15) is 4.90 Å². The molecule has 4 nitrogen and oxygen atoms in total. The zero-order chi connectivity index (χ0) is 14.8. The van der Waals surface area contributed by atoms with Crippen LogP contribution in [0.3, 0.4) is 0 Å². The van der Waals surface area contributed by atoms with Gasteiger partial charge in [-0.15, -0.1) is 0 Å². The molecule has 0 saturated heterocycles. The van der Waals surface area contributed by atoms with Gasteiger partial charge in [-0.1, -0.05) is 42.5 Å². The van der Waals surface area contributed by atoms with E-state index < -0.39 is 10.0 Å². The average molecular weight is 290 g/mol. The largest absolute Gasteiger partial charge is 0.398 e. The number of nitrogens with two attached hydrogens (primary N) is 1. The maximum Gasteiger partial charge on any atom is 0.243 e. The lowest BCUT2D eigenvalue weighted by Crippen LogP contribution is -2.28. The molecule has 0 aromatic heterocycles. The molecule has 0 radical (unpaired) electrons. The highest BCUT2D eigenvalue weighted by molar-refractivity contribution is 7.89. The fourth-order valence-electron chi connectivity index (χ4n) is 2.14. The van der Waals surface area contributed by atoms with E-state index in [0.29, 0.717) is 5.56 Å². The number of hydrogen-bond donors (Lipinski definition) is 2. The molecule has 1 atom stereocenters. The van der Waals surface area contributed by atoms with Gasteiger partial charge in [0, 0.05) is 6.04 Å². The summed E-state index contributed by atoms with van der Waals surface area (Å²) in [6.07, 6.45) is 0. The minimum absolute atomic E-state index is 0.155. The summed E-state index contributed by atoms with van der Waals surface area (Å²) in [7, 11) is -3.64. The van der Waals surface area contributed by atoms with Crippen LogP contribution in [-0.2, 0) is 10.0 Å². The average Bonchev–Trinajstić information content (AvgIpc) is 2.38. The maximum atomic E-state index is 12.5. The third kappa shape index (κ3) is 3.00. The molecule has 0 saturated carbocycles. The van der Waals surface area contributed by atoms with E-state index in [2.05, 4.69) is 4.72 Å². The number of nitrogen functional groups attached to an aromatic ring is 1. The van der Waals surface area contributed by atoms with E-state index in [1.54, 1.807) is 32.0 Å². The number of sulfonamides is 1. The SMILES string of the molecule is Cc1cccc(N)c1S(=O)(=O)N[C@H](C)c1ccccc1. The summed E-state index contributed by atoms with van der Waals surface area (Å²) in [5, 5.41) is 0. The fourth-order valence-corrected chi connectivity index (χ4v) is 3.73. The Kier molecular flexibility index (Phi) is 4.11. The van der Waals surface area contributed by atoms with E-state index in [4.69, 9.17) is 5.73 Å². The molecular weight excluding hydrogens is 272 g/mol. The van der Waals surface area contributed by atoms with Gasteiger partial charge in [0.05, 0.1) is 5.69 Å². The maximum absolute atomic E-state index is 12.5. The highest BCUT2D eigenvalue weighted by Gasteiger charge is 2.22. The van der Waals surface area contributed by atoms with Crippen molar-refractivity contribution in [3.05, 3.63) is 59.7 Å². The molecule has 0 unspecified atom stereocenters. The van der Waals surface area contributed by atoms with Crippen LogP contribution in [0.25, 0.3) is 0 Å². The Bertz CT molecular complexity index is 677. The summed E-state index contributed by atoms with van der Waals surface area (Å²) < 4.78 is 27.6. The van der Waals surface area contributed by atoms with Crippen LogP contribution in [-0.4, -0.2) is 8.42 Å². The first-order valence-electron chi connectivity index (χ1n) is 6.34. The fraction of sp³-hybridized carbons (Fsp3) is 0.200. The van der Waals surface area contributed by atoms with Gasteiger partial charge < -0.3 is 5.73 Å². The van der Waals surface area contributed by atoms with Crippen molar-refractivity contribution in [2.75, 3.05) is 5.73 Å². The Morgan fingerprint density at radius 3 is 2.30 bits per heavy atom. The summed E-state index contributed by atoms with van der Waals surface area (Å²) in [4.78, 5) is 0.155. The number of hydrogen-bond acceptors (Lipinski definition) is 3. The molecule has 0 aliphatic carbocycles. The molecule has 0 aliphatic heterocycles. The third-order valence-electron chi connectivity index (χ3n) is 3.14. The van der Waals surface area contributed by atoms with Crippen LogP contribution in [0.2, 0.25) is 0 Å². The minimum Gasteiger partial charge on any atom is -0.398 e. The highest BCUT2D eigenvalue weighted by Crippen LogP contribution is 2.24. The van der Waals surface area contributed by atoms with Crippen LogP contribution < -0.4 is 10.5 Å². The molecule has 0 aliphatic rings. The predicted octanol–water partition coefficient (Wildman–Crippen LogP) is 2.62. The van der Waals surface area contributed by atoms with Gasteiger partial charge in [0.25, 0.3) is 0 Å². The second-order valence-corrected chi connectivity index (χ2v) is 6.40. The molecule has 0 fully saturated rings. The molecule has 0 amide bonds. The van der Waals surface area contributed by atoms with Crippen LogP contribution in [0.5, 0.6) is 0 Å². The molecule has 3 N–H and O–H groups in total. The van der Waals surface area contributed by atoms with Gasteiger partial charge in [-0.2, -0.15) is 0 Å². The first-order chi connectivity index (χ1) is 9.42. The van der Waals surface area contributed by atoms with Crippen molar-refractivity contribution in [2.45, 2.75) is 24.8 Å². The second-order valence-electron chi connectivity index (χ2n) is 4.75. The van der Waals surface area contributed by atoms with Gasteiger partial charge in [0.15, 0.2) is 0 Å². The van der Waals surface area contributed by atoms with Crippen molar-refractivity contribution in [3.63, 3.8) is 0 Å². The van der Waals surface area contributed by atoms with Crippen molar-refractivity contribution >= 4 is 15.7 Å². The van der Waals surface area contributed by atoms with Crippen molar-refractivity contribution in [1.82, 2.24) is 4.72 Å². The Hall–Kier alpha value is -1.85. The molecule has 2 rings (SSSR count). The van der Waals surface area contributed by atoms with E-state index in [9.17, 15) is 8.42 Å². The van der Waals surface area contributed by atoms with Crippen LogP contribution in [0, 0.1) is 6.92 Å². The monoisotopic (exact) mass is 290 g/mol. The van der Waals surface area contributed by atoms with Gasteiger partial charge in [-0.3, -0.25) is 0 Å². The van der Waals surface area contributed by atoms with Crippen molar-refractivity contribution in [1.29, 1.82) is 0 Å². The first-order valence-corrected chi connectivity index (χ1v) is 7.82. The normalized spacial score (nSPS) is 13.1. The van der Waals surface area contributed by atoms with Crippen LogP contribution >= 0.6 is 0 Å². The molecular formula is C15H18N2O2S. The Labute approximate surface area is 119 Å². The van der Waals surface area contributed by atoms with Crippen molar-refractivity contribution < 1.29 is 8.42 Å². The second kappa shape index (κ2) is 5.64.